The smallest absolute Gasteiger partial charge is 0.150 e. The van der Waals surface area contributed by atoms with E-state index in [0.29, 0.717) is 0 Å². The predicted octanol–water partition coefficient (Wildman–Crippen LogP) is 2.67. The molecule has 1 unspecified atom stereocenters. The number of aryl methyl sites for hydroxylation is 3. The third-order valence-corrected chi connectivity index (χ3v) is 3.82. The summed E-state index contributed by atoms with van der Waals surface area (Å²) >= 11 is 4.56. The van der Waals surface area contributed by atoms with Gasteiger partial charge in [0.25, 0.3) is 0 Å². The Hall–Kier alpha value is -1.37. The molecule has 1 atom stereocenters. The van der Waals surface area contributed by atoms with Crippen LogP contribution in [0.1, 0.15) is 54.6 Å². The minimum absolute atomic E-state index is 0.152. The van der Waals surface area contributed by atoms with E-state index in [1.807, 2.05) is 20.0 Å². The van der Waals surface area contributed by atoms with Crippen molar-refractivity contribution in [2.75, 3.05) is 0 Å². The van der Waals surface area contributed by atoms with Crippen molar-refractivity contribution in [3.05, 3.63) is 23.3 Å². The number of hydrogen-bond donors (Lipinski definition) is 1. The Balaban J connectivity index is 1.56. The standard InChI is InChI=1S/C13H21N5OS/c1-10-9-11(19-15-10)12(20)7-5-3-4-6-8-13-14-16-17-18(13)2/h9,12,20H,3-8H2,1-2H3. The number of unbranched alkanes of at least 4 members (excludes halogenated alkanes) is 3. The van der Waals surface area contributed by atoms with Crippen LogP contribution in [0.25, 0.3) is 0 Å². The average Bonchev–Trinajstić information content (AvgIpc) is 3.03. The molecule has 0 aliphatic heterocycles. The molecule has 6 nitrogen and oxygen atoms in total. The fourth-order valence-electron chi connectivity index (χ4n) is 2.12. The summed E-state index contributed by atoms with van der Waals surface area (Å²) in [5.41, 5.74) is 0.913. The van der Waals surface area contributed by atoms with E-state index >= 15 is 0 Å². The zero-order valence-electron chi connectivity index (χ0n) is 12.0. The molecule has 2 aromatic rings. The lowest BCUT2D eigenvalue weighted by Crippen LogP contribution is -1.99. The molecular formula is C13H21N5OS. The maximum atomic E-state index is 5.22. The van der Waals surface area contributed by atoms with Gasteiger partial charge in [-0.2, -0.15) is 12.6 Å². The minimum Gasteiger partial charge on any atom is -0.360 e. The zero-order valence-corrected chi connectivity index (χ0v) is 12.9. The van der Waals surface area contributed by atoms with Crippen LogP contribution < -0.4 is 0 Å². The molecule has 0 N–H and O–H groups in total. The third kappa shape index (κ3) is 4.33. The Morgan fingerprint density at radius 2 is 2.10 bits per heavy atom. The molecule has 0 saturated carbocycles. The van der Waals surface area contributed by atoms with Gasteiger partial charge < -0.3 is 4.52 Å². The van der Waals surface area contributed by atoms with Gasteiger partial charge in [0.1, 0.15) is 5.76 Å². The van der Waals surface area contributed by atoms with E-state index in [4.69, 9.17) is 4.52 Å². The zero-order chi connectivity index (χ0) is 14.4. The van der Waals surface area contributed by atoms with Gasteiger partial charge in [0.15, 0.2) is 5.82 Å². The van der Waals surface area contributed by atoms with E-state index < -0.39 is 0 Å². The van der Waals surface area contributed by atoms with E-state index in [0.717, 1.165) is 43.0 Å². The van der Waals surface area contributed by atoms with Crippen LogP contribution in [0.5, 0.6) is 0 Å². The molecule has 2 aromatic heterocycles. The van der Waals surface area contributed by atoms with Gasteiger partial charge in [-0.25, -0.2) is 4.68 Å². The van der Waals surface area contributed by atoms with Gasteiger partial charge in [-0.05, 0) is 30.2 Å². The van der Waals surface area contributed by atoms with Gasteiger partial charge >= 0.3 is 0 Å². The van der Waals surface area contributed by atoms with E-state index in [2.05, 4.69) is 33.3 Å². The van der Waals surface area contributed by atoms with Gasteiger partial charge in [0.2, 0.25) is 0 Å². The molecule has 0 saturated heterocycles. The van der Waals surface area contributed by atoms with Gasteiger partial charge in [-0.1, -0.05) is 24.4 Å². The fraction of sp³-hybridized carbons (Fsp3) is 0.692. The summed E-state index contributed by atoms with van der Waals surface area (Å²) in [7, 11) is 1.88. The van der Waals surface area contributed by atoms with Crippen molar-refractivity contribution in [3.8, 4) is 0 Å². The maximum Gasteiger partial charge on any atom is 0.150 e. The van der Waals surface area contributed by atoms with Crippen molar-refractivity contribution in [2.24, 2.45) is 7.05 Å². The van der Waals surface area contributed by atoms with E-state index in [-0.39, 0.29) is 5.25 Å². The Bertz CT molecular complexity index is 524. The first-order valence-corrected chi connectivity index (χ1v) is 7.51. The highest BCUT2D eigenvalue weighted by molar-refractivity contribution is 7.80. The van der Waals surface area contributed by atoms with Crippen LogP contribution in [-0.4, -0.2) is 25.4 Å². The second kappa shape index (κ2) is 7.42. The van der Waals surface area contributed by atoms with Gasteiger partial charge in [-0.3, -0.25) is 0 Å². The highest BCUT2D eigenvalue weighted by Gasteiger charge is 2.11. The second-order valence-corrected chi connectivity index (χ2v) is 5.68. The lowest BCUT2D eigenvalue weighted by atomic mass is 10.1. The van der Waals surface area contributed by atoms with Gasteiger partial charge in [-0.15, -0.1) is 5.10 Å². The first kappa shape index (κ1) is 15.0. The number of hydrogen-bond acceptors (Lipinski definition) is 6. The SMILES string of the molecule is Cc1cc(C(S)CCCCCCc2nnnn2C)on1. The molecule has 110 valence electrons. The number of rotatable bonds is 8. The van der Waals surface area contributed by atoms with Gasteiger partial charge in [0.05, 0.1) is 10.9 Å². The highest BCUT2D eigenvalue weighted by Crippen LogP contribution is 2.26. The molecule has 7 heteroatoms. The van der Waals surface area contributed by atoms with Crippen LogP contribution in [0, 0.1) is 6.92 Å². The molecule has 0 aromatic carbocycles. The van der Waals surface area contributed by atoms with Crippen molar-refractivity contribution in [1.82, 2.24) is 25.4 Å². The third-order valence-electron chi connectivity index (χ3n) is 3.31. The number of aromatic nitrogens is 5. The first-order chi connectivity index (χ1) is 9.66. The topological polar surface area (TPSA) is 69.6 Å². The van der Waals surface area contributed by atoms with Crippen LogP contribution in [0.4, 0.5) is 0 Å². The molecule has 0 bridgehead atoms. The Morgan fingerprint density at radius 3 is 2.75 bits per heavy atom. The van der Waals surface area contributed by atoms with Crippen LogP contribution in [0.15, 0.2) is 10.6 Å². The summed E-state index contributed by atoms with van der Waals surface area (Å²) in [5.74, 6) is 1.82. The molecule has 20 heavy (non-hydrogen) atoms. The Labute approximate surface area is 124 Å². The number of tetrazole rings is 1. The molecule has 0 amide bonds. The molecule has 0 aliphatic rings. The Morgan fingerprint density at radius 1 is 1.30 bits per heavy atom. The second-order valence-electron chi connectivity index (χ2n) is 5.06. The van der Waals surface area contributed by atoms with Crippen LogP contribution in [-0.2, 0) is 13.5 Å². The first-order valence-electron chi connectivity index (χ1n) is 6.99. The Kier molecular flexibility index (Phi) is 5.58. The van der Waals surface area contributed by atoms with Crippen LogP contribution in [0.2, 0.25) is 0 Å². The summed E-state index contributed by atoms with van der Waals surface area (Å²) in [4.78, 5) is 0. The monoisotopic (exact) mass is 295 g/mol. The summed E-state index contributed by atoms with van der Waals surface area (Å²) in [5, 5.41) is 15.5. The normalized spacial score (nSPS) is 12.8. The summed E-state index contributed by atoms with van der Waals surface area (Å²) in [6.45, 7) is 1.93. The number of thiol groups is 1. The molecule has 0 fully saturated rings. The molecule has 2 heterocycles. The lowest BCUT2D eigenvalue weighted by molar-refractivity contribution is 0.373. The number of nitrogens with zero attached hydrogens (tertiary/aromatic N) is 5. The van der Waals surface area contributed by atoms with Crippen molar-refractivity contribution < 1.29 is 4.52 Å². The predicted molar refractivity (Wildman–Crippen MR) is 78.6 cm³/mol. The highest BCUT2D eigenvalue weighted by atomic mass is 32.1. The maximum absolute atomic E-state index is 5.22. The molecule has 0 spiro atoms. The fourth-order valence-corrected chi connectivity index (χ4v) is 2.42. The van der Waals surface area contributed by atoms with E-state index in [1.165, 1.54) is 12.8 Å². The van der Waals surface area contributed by atoms with Gasteiger partial charge in [0, 0.05) is 19.5 Å². The van der Waals surface area contributed by atoms with Crippen molar-refractivity contribution in [3.63, 3.8) is 0 Å². The molecule has 0 aliphatic carbocycles. The lowest BCUT2D eigenvalue weighted by Gasteiger charge is -2.06. The average molecular weight is 295 g/mol. The molecule has 2 rings (SSSR count). The molecule has 0 radical (unpaired) electrons. The van der Waals surface area contributed by atoms with E-state index in [9.17, 15) is 0 Å². The van der Waals surface area contributed by atoms with Crippen molar-refractivity contribution in [1.29, 1.82) is 0 Å². The quantitative estimate of drug-likeness (QED) is 0.599. The van der Waals surface area contributed by atoms with Crippen molar-refractivity contribution in [2.45, 2.75) is 50.7 Å². The summed E-state index contributed by atoms with van der Waals surface area (Å²) in [6.07, 6.45) is 6.59. The van der Waals surface area contributed by atoms with Crippen molar-refractivity contribution >= 4 is 12.6 Å². The summed E-state index contributed by atoms with van der Waals surface area (Å²) in [6, 6.07) is 1.96. The van der Waals surface area contributed by atoms with Crippen LogP contribution >= 0.6 is 12.6 Å². The largest absolute Gasteiger partial charge is 0.360 e. The van der Waals surface area contributed by atoms with E-state index in [1.54, 1.807) is 4.68 Å². The molecular weight excluding hydrogens is 274 g/mol. The van der Waals surface area contributed by atoms with Crippen LogP contribution in [0.3, 0.4) is 0 Å². The summed E-state index contributed by atoms with van der Waals surface area (Å²) < 4.78 is 6.95. The minimum atomic E-state index is 0.152.